The van der Waals surface area contributed by atoms with E-state index in [4.69, 9.17) is 5.11 Å². The van der Waals surface area contributed by atoms with Crippen LogP contribution in [-0.2, 0) is 16.1 Å². The van der Waals surface area contributed by atoms with Gasteiger partial charge in [0.1, 0.15) is 0 Å². The maximum Gasteiger partial charge on any atom is 0.307 e. The van der Waals surface area contributed by atoms with E-state index in [0.29, 0.717) is 25.9 Å². The highest BCUT2D eigenvalue weighted by molar-refractivity contribution is 5.85. The number of aliphatic carboxylic acids is 1. The van der Waals surface area contributed by atoms with Crippen molar-refractivity contribution in [3.05, 3.63) is 24.5 Å². The van der Waals surface area contributed by atoms with E-state index < -0.39 is 11.9 Å². The van der Waals surface area contributed by atoms with Crippen molar-refractivity contribution in [3.8, 4) is 0 Å². The lowest BCUT2D eigenvalue weighted by Crippen LogP contribution is -2.36. The summed E-state index contributed by atoms with van der Waals surface area (Å²) in [4.78, 5) is 22.9. The minimum Gasteiger partial charge on any atom is -0.481 e. The Morgan fingerprint density at radius 2 is 1.89 bits per heavy atom. The standard InChI is InChI=1S/C13H18N2O3/c16-12(10-4-3-5-11(10)13(17)18)14-6-9-15-7-1-2-8-15/h1-2,7-8,10-11H,3-6,9H2,(H,14,16)(H,17,18). The summed E-state index contributed by atoms with van der Waals surface area (Å²) in [5.74, 6) is -1.83. The molecule has 0 aromatic carbocycles. The number of carbonyl (C=O) groups is 2. The SMILES string of the molecule is O=C(O)C1CCCC1C(=O)NCCn1cccc1. The fraction of sp³-hybridized carbons (Fsp3) is 0.538. The second-order valence-electron chi connectivity index (χ2n) is 4.69. The third kappa shape index (κ3) is 2.91. The summed E-state index contributed by atoms with van der Waals surface area (Å²) in [5, 5.41) is 11.8. The quantitative estimate of drug-likeness (QED) is 0.822. The average molecular weight is 250 g/mol. The molecule has 1 aliphatic rings. The van der Waals surface area contributed by atoms with Gasteiger partial charge in [-0.3, -0.25) is 9.59 Å². The molecule has 2 N–H and O–H groups in total. The van der Waals surface area contributed by atoms with Gasteiger partial charge in [-0.05, 0) is 25.0 Å². The third-order valence-electron chi connectivity index (χ3n) is 3.51. The zero-order valence-corrected chi connectivity index (χ0v) is 10.2. The molecular formula is C13H18N2O3. The predicted molar refractivity (Wildman–Crippen MR) is 65.9 cm³/mol. The Kier molecular flexibility index (Phi) is 4.02. The molecule has 0 bridgehead atoms. The van der Waals surface area contributed by atoms with Gasteiger partial charge in [-0.1, -0.05) is 6.42 Å². The molecular weight excluding hydrogens is 232 g/mol. The molecule has 0 aliphatic heterocycles. The van der Waals surface area contributed by atoms with E-state index in [1.807, 2.05) is 29.1 Å². The van der Waals surface area contributed by atoms with Gasteiger partial charge in [0.2, 0.25) is 5.91 Å². The van der Waals surface area contributed by atoms with E-state index in [2.05, 4.69) is 5.32 Å². The molecule has 2 atom stereocenters. The first-order valence-electron chi connectivity index (χ1n) is 6.30. The number of carbonyl (C=O) groups excluding carboxylic acids is 1. The van der Waals surface area contributed by atoms with E-state index >= 15 is 0 Å². The van der Waals surface area contributed by atoms with Crippen molar-refractivity contribution in [2.45, 2.75) is 25.8 Å². The largest absolute Gasteiger partial charge is 0.481 e. The van der Waals surface area contributed by atoms with Crippen LogP contribution in [0.15, 0.2) is 24.5 Å². The summed E-state index contributed by atoms with van der Waals surface area (Å²) in [7, 11) is 0. The van der Waals surface area contributed by atoms with Crippen LogP contribution < -0.4 is 5.32 Å². The van der Waals surface area contributed by atoms with Crippen molar-refractivity contribution in [2.24, 2.45) is 11.8 Å². The molecule has 5 nitrogen and oxygen atoms in total. The number of hydrogen-bond donors (Lipinski definition) is 2. The van der Waals surface area contributed by atoms with Crippen LogP contribution in [0.1, 0.15) is 19.3 Å². The Hall–Kier alpha value is -1.78. The molecule has 1 heterocycles. The van der Waals surface area contributed by atoms with E-state index in [1.165, 1.54) is 0 Å². The summed E-state index contributed by atoms with van der Waals surface area (Å²) in [6, 6.07) is 3.86. The Balaban J connectivity index is 1.79. The summed E-state index contributed by atoms with van der Waals surface area (Å²) in [6.07, 6.45) is 5.99. The molecule has 98 valence electrons. The highest BCUT2D eigenvalue weighted by atomic mass is 16.4. The Labute approximate surface area is 106 Å². The lowest BCUT2D eigenvalue weighted by molar-refractivity contribution is -0.146. The number of aromatic nitrogens is 1. The molecule has 0 spiro atoms. The number of carboxylic acids is 1. The zero-order valence-electron chi connectivity index (χ0n) is 10.2. The highest BCUT2D eigenvalue weighted by Crippen LogP contribution is 2.31. The van der Waals surface area contributed by atoms with Crippen molar-refractivity contribution < 1.29 is 14.7 Å². The van der Waals surface area contributed by atoms with Crippen molar-refractivity contribution in [3.63, 3.8) is 0 Å². The molecule has 1 amide bonds. The number of nitrogens with one attached hydrogen (secondary N) is 1. The molecule has 2 rings (SSSR count). The minimum atomic E-state index is -0.849. The van der Waals surface area contributed by atoms with Crippen LogP contribution in [0.3, 0.4) is 0 Å². The van der Waals surface area contributed by atoms with Gasteiger partial charge in [0.15, 0.2) is 0 Å². The zero-order chi connectivity index (χ0) is 13.0. The summed E-state index contributed by atoms with van der Waals surface area (Å²) >= 11 is 0. The minimum absolute atomic E-state index is 0.118. The lowest BCUT2D eigenvalue weighted by atomic mass is 9.95. The summed E-state index contributed by atoms with van der Waals surface area (Å²) < 4.78 is 1.98. The maximum atomic E-state index is 11.9. The van der Waals surface area contributed by atoms with Crippen LogP contribution in [-0.4, -0.2) is 28.1 Å². The van der Waals surface area contributed by atoms with Crippen LogP contribution in [0.2, 0.25) is 0 Å². The first-order chi connectivity index (χ1) is 8.68. The van der Waals surface area contributed by atoms with E-state index in [1.54, 1.807) is 0 Å². The van der Waals surface area contributed by atoms with Crippen LogP contribution in [0.25, 0.3) is 0 Å². The average Bonchev–Trinajstić information content (AvgIpc) is 2.99. The fourth-order valence-electron chi connectivity index (χ4n) is 2.53. The van der Waals surface area contributed by atoms with Gasteiger partial charge in [0, 0.05) is 25.5 Å². The molecule has 1 aromatic rings. The first-order valence-corrected chi connectivity index (χ1v) is 6.30. The van der Waals surface area contributed by atoms with Crippen LogP contribution in [0.5, 0.6) is 0 Å². The molecule has 1 saturated carbocycles. The molecule has 5 heteroatoms. The third-order valence-corrected chi connectivity index (χ3v) is 3.51. The van der Waals surface area contributed by atoms with Gasteiger partial charge in [0.05, 0.1) is 11.8 Å². The molecule has 1 aromatic heterocycles. The van der Waals surface area contributed by atoms with Crippen molar-refractivity contribution in [1.29, 1.82) is 0 Å². The topological polar surface area (TPSA) is 71.3 Å². The first kappa shape index (κ1) is 12.7. The van der Waals surface area contributed by atoms with Crippen molar-refractivity contribution in [2.75, 3.05) is 6.54 Å². The monoisotopic (exact) mass is 250 g/mol. The van der Waals surface area contributed by atoms with E-state index in [0.717, 1.165) is 6.42 Å². The van der Waals surface area contributed by atoms with Gasteiger partial charge < -0.3 is 15.0 Å². The van der Waals surface area contributed by atoms with Gasteiger partial charge in [-0.2, -0.15) is 0 Å². The normalized spacial score (nSPS) is 22.9. The van der Waals surface area contributed by atoms with Crippen LogP contribution >= 0.6 is 0 Å². The fourth-order valence-corrected chi connectivity index (χ4v) is 2.53. The second-order valence-corrected chi connectivity index (χ2v) is 4.69. The Morgan fingerprint density at radius 1 is 1.22 bits per heavy atom. The van der Waals surface area contributed by atoms with Gasteiger partial charge in [-0.25, -0.2) is 0 Å². The van der Waals surface area contributed by atoms with Crippen LogP contribution in [0.4, 0.5) is 0 Å². The Bertz CT molecular complexity index is 414. The van der Waals surface area contributed by atoms with Gasteiger partial charge >= 0.3 is 5.97 Å². The number of rotatable bonds is 5. The molecule has 1 fully saturated rings. The predicted octanol–water partition coefficient (Wildman–Crippen LogP) is 1.11. The summed E-state index contributed by atoms with van der Waals surface area (Å²) in [5.41, 5.74) is 0. The van der Waals surface area contributed by atoms with E-state index in [-0.39, 0.29) is 11.8 Å². The number of amides is 1. The molecule has 18 heavy (non-hydrogen) atoms. The van der Waals surface area contributed by atoms with E-state index in [9.17, 15) is 9.59 Å². The molecule has 0 radical (unpaired) electrons. The molecule has 0 saturated heterocycles. The Morgan fingerprint density at radius 3 is 2.56 bits per heavy atom. The lowest BCUT2D eigenvalue weighted by Gasteiger charge is -2.15. The second kappa shape index (κ2) is 5.71. The van der Waals surface area contributed by atoms with Gasteiger partial charge in [0.25, 0.3) is 0 Å². The van der Waals surface area contributed by atoms with Crippen molar-refractivity contribution in [1.82, 2.24) is 9.88 Å². The van der Waals surface area contributed by atoms with Gasteiger partial charge in [-0.15, -0.1) is 0 Å². The number of hydrogen-bond acceptors (Lipinski definition) is 2. The van der Waals surface area contributed by atoms with Crippen LogP contribution in [0, 0.1) is 11.8 Å². The number of nitrogens with zero attached hydrogens (tertiary/aromatic N) is 1. The highest BCUT2D eigenvalue weighted by Gasteiger charge is 2.37. The smallest absolute Gasteiger partial charge is 0.307 e. The van der Waals surface area contributed by atoms with Crippen molar-refractivity contribution >= 4 is 11.9 Å². The maximum absolute atomic E-state index is 11.9. The number of carboxylic acid groups (broad SMARTS) is 1. The summed E-state index contributed by atoms with van der Waals surface area (Å²) in [6.45, 7) is 1.25. The molecule has 2 unspecified atom stereocenters. The molecule has 1 aliphatic carbocycles.